The molecule has 5 N–H and O–H groups in total. The van der Waals surface area contributed by atoms with Gasteiger partial charge in [0.1, 0.15) is 47.6 Å². The van der Waals surface area contributed by atoms with Crippen molar-refractivity contribution in [2.45, 2.75) is 169 Å². The molecule has 4 heterocycles. The minimum Gasteiger partial charge on any atom is -0.497 e. The van der Waals surface area contributed by atoms with Crippen LogP contribution in [0.1, 0.15) is 147 Å². The predicted octanol–water partition coefficient (Wildman–Crippen LogP) is 9.44. The SMILES string of the molecule is CCc1c2c(nc3ccc(OC(=O)C(C)(C)C)cc13)-c1cc3c(c(=O)n1C2)COC(=O)[C@@]3(CC)OC(=O)NCCNC(=O)C(C)NC(=O)C(C)NC(=O)CCC(=O)NCCCOCC(COC(c1ccccc1)(c1ccc(OC)cc1)c1ccc(OC)cc1)OP(OCCC#N)N(C(C)C)C(C)C. The van der Waals surface area contributed by atoms with E-state index < -0.39 is 90.6 Å². The normalized spacial score (nSPS) is 15.2. The summed E-state index contributed by atoms with van der Waals surface area (Å²) in [5.74, 6) is -1.82. The molecule has 4 unspecified atom stereocenters. The van der Waals surface area contributed by atoms with Crippen molar-refractivity contribution in [2.75, 3.05) is 60.3 Å². The molecule has 4 aromatic carbocycles. The summed E-state index contributed by atoms with van der Waals surface area (Å²) >= 11 is 0. The van der Waals surface area contributed by atoms with E-state index in [1.807, 2.05) is 85.8 Å². The molecule has 26 nitrogen and oxygen atoms in total. The first kappa shape index (κ1) is 79.4. The lowest BCUT2D eigenvalue weighted by atomic mass is 9.80. The third-order valence-electron chi connectivity index (χ3n) is 17.6. The number of alkyl carbamates (subject to hydrolysis) is 1. The van der Waals surface area contributed by atoms with Gasteiger partial charge in [0.15, 0.2) is 0 Å². The number of ether oxygens (including phenoxy) is 7. The van der Waals surface area contributed by atoms with Crippen molar-refractivity contribution in [3.8, 4) is 34.7 Å². The number of nitrogens with one attached hydrogen (secondary N) is 5. The Balaban J connectivity index is 0.797. The number of fused-ring (bicyclic) bond motifs is 5. The van der Waals surface area contributed by atoms with E-state index in [2.05, 4.69) is 65.0 Å². The van der Waals surface area contributed by atoms with E-state index in [-0.39, 0.29) is 108 Å². The van der Waals surface area contributed by atoms with Gasteiger partial charge in [-0.2, -0.15) is 5.26 Å². The van der Waals surface area contributed by atoms with Gasteiger partial charge in [-0.15, -0.1) is 0 Å². The number of nitrogens with zero attached hydrogens (tertiary/aromatic N) is 4. The highest BCUT2D eigenvalue weighted by molar-refractivity contribution is 7.44. The summed E-state index contributed by atoms with van der Waals surface area (Å²) in [6, 6.07) is 32.1. The Morgan fingerprint density at radius 3 is 1.96 bits per heavy atom. The summed E-state index contributed by atoms with van der Waals surface area (Å²) in [6.45, 7) is 20.2. The van der Waals surface area contributed by atoms with Crippen molar-refractivity contribution in [3.05, 3.63) is 152 Å². The van der Waals surface area contributed by atoms with E-state index in [1.165, 1.54) is 13.8 Å². The number of carbonyl (C=O) groups excluding carboxylic acids is 7. The first-order valence-corrected chi connectivity index (χ1v) is 35.9. The van der Waals surface area contributed by atoms with Crippen molar-refractivity contribution < 1.29 is 75.8 Å². The number of benzene rings is 4. The zero-order valence-electron chi connectivity index (χ0n) is 61.0. The maximum atomic E-state index is 14.3. The van der Waals surface area contributed by atoms with Gasteiger partial charge >= 0.3 is 18.0 Å². The summed E-state index contributed by atoms with van der Waals surface area (Å²) in [4.78, 5) is 112. The first-order chi connectivity index (χ1) is 49.2. The molecule has 5 atom stereocenters. The molecule has 0 saturated heterocycles. The fraction of sp³-hybridized carbons (Fsp3) is 0.474. The lowest BCUT2D eigenvalue weighted by Crippen LogP contribution is -2.52. The highest BCUT2D eigenvalue weighted by atomic mass is 31.2. The van der Waals surface area contributed by atoms with Crippen LogP contribution in [0.15, 0.2) is 108 Å². The van der Waals surface area contributed by atoms with Crippen LogP contribution in [0.4, 0.5) is 4.79 Å². The third kappa shape index (κ3) is 19.3. The molecule has 2 aliphatic rings. The number of cyclic esters (lactones) is 1. The summed E-state index contributed by atoms with van der Waals surface area (Å²) in [5.41, 5.74) is 1.69. The quantitative estimate of drug-likeness (QED) is 0.00802. The fourth-order valence-electron chi connectivity index (χ4n) is 12.3. The van der Waals surface area contributed by atoms with E-state index in [9.17, 15) is 43.6 Å². The third-order valence-corrected chi connectivity index (χ3v) is 19.8. The number of aromatic nitrogens is 2. The number of carbonyl (C=O) groups is 7. The van der Waals surface area contributed by atoms with Crippen LogP contribution in [0.5, 0.6) is 17.2 Å². The average molecular weight is 1440 g/mol. The van der Waals surface area contributed by atoms with Crippen LogP contribution in [0.25, 0.3) is 22.3 Å². The van der Waals surface area contributed by atoms with Crippen LogP contribution < -0.4 is 46.4 Å². The minimum atomic E-state index is -2.02. The summed E-state index contributed by atoms with van der Waals surface area (Å²) in [7, 11) is 1.48. The van der Waals surface area contributed by atoms with Crippen molar-refractivity contribution >= 4 is 61.1 Å². The van der Waals surface area contributed by atoms with Crippen molar-refractivity contribution in [1.82, 2.24) is 40.8 Å². The van der Waals surface area contributed by atoms with Gasteiger partial charge in [0, 0.05) is 67.7 Å². The lowest BCUT2D eigenvalue weighted by Gasteiger charge is -2.39. The number of pyridine rings is 2. The van der Waals surface area contributed by atoms with E-state index in [4.69, 9.17) is 47.2 Å². The minimum absolute atomic E-state index is 0.0120. The number of esters is 2. The maximum absolute atomic E-state index is 14.3. The molecular weight excluding hydrogens is 1340 g/mol. The number of amides is 5. The number of nitriles is 1. The fourth-order valence-corrected chi connectivity index (χ4v) is 13.9. The van der Waals surface area contributed by atoms with Gasteiger partial charge < -0.3 is 73.4 Å². The van der Waals surface area contributed by atoms with Crippen molar-refractivity contribution in [2.24, 2.45) is 5.41 Å². The Bertz CT molecular complexity index is 4030. The molecule has 0 spiro atoms. The Kier molecular flexibility index (Phi) is 27.9. The number of rotatable bonds is 36. The molecule has 0 radical (unpaired) electrons. The van der Waals surface area contributed by atoms with Crippen LogP contribution in [0.2, 0.25) is 0 Å². The topological polar surface area (TPSA) is 325 Å². The number of hydrogen-bond donors (Lipinski definition) is 5. The van der Waals surface area contributed by atoms with Crippen LogP contribution in [-0.4, -0.2) is 146 Å². The Hall–Kier alpha value is -9.35. The van der Waals surface area contributed by atoms with Crippen molar-refractivity contribution in [3.63, 3.8) is 0 Å². The summed E-state index contributed by atoms with van der Waals surface area (Å²) in [5, 5.41) is 23.3. The number of aryl methyl sites for hydroxylation is 1. The average Bonchev–Trinajstić information content (AvgIpc) is 1.61. The standard InChI is InChI=1S/C76H96N9O17P/c1-14-58-59-41-56(100-71(91)74(9,10)11)31-32-63(59)83-67-60(58)43-84-64(67)42-62-61(70(84)90)46-97-72(92)75(62,15-2)101-73(93)80-38-37-79-68(88)49(7)82-69(89)50(8)81-66(87)34-33-65(86)78-36-20-39-96-44-57(102-103(99-40-19-35-77)85(47(3)4)48(5)6)45-98-76(51-21-17-16-18-22-51,52-23-27-54(94-12)28-24-52)53-25-29-55(95-13)30-26-53/h16-18,21-32,41-42,47-50,57H,14-15,19-20,33-34,36-40,43-46H2,1-13H3,(H,78,86)(H,79,88)(H,80,93)(H,81,87)(H,82,89)/t49?,50?,57?,75-,103?/m0/s1. The number of hydrogen-bond acceptors (Lipinski definition) is 20. The molecule has 552 valence electrons. The smallest absolute Gasteiger partial charge is 0.408 e. The van der Waals surface area contributed by atoms with Gasteiger partial charge in [0.25, 0.3) is 14.1 Å². The van der Waals surface area contributed by atoms with Gasteiger partial charge in [0.2, 0.25) is 29.2 Å². The van der Waals surface area contributed by atoms with Gasteiger partial charge in [-0.05, 0) is 152 Å². The molecule has 5 amide bonds. The first-order valence-electron chi connectivity index (χ1n) is 34.8. The van der Waals surface area contributed by atoms with Crippen LogP contribution >= 0.6 is 8.53 Å². The zero-order chi connectivity index (χ0) is 74.8. The molecule has 8 rings (SSSR count). The van der Waals surface area contributed by atoms with E-state index in [1.54, 1.807) is 70.7 Å². The highest BCUT2D eigenvalue weighted by Gasteiger charge is 2.51. The molecule has 6 aromatic rings. The zero-order valence-corrected chi connectivity index (χ0v) is 61.9. The summed E-state index contributed by atoms with van der Waals surface area (Å²) < 4.78 is 58.7. The Morgan fingerprint density at radius 2 is 1.35 bits per heavy atom. The second-order valence-corrected chi connectivity index (χ2v) is 28.1. The Morgan fingerprint density at radius 1 is 0.728 bits per heavy atom. The molecule has 0 bridgehead atoms. The molecule has 27 heteroatoms. The molecule has 2 aromatic heterocycles. The molecule has 0 aliphatic carbocycles. The number of methoxy groups -OCH3 is 2. The van der Waals surface area contributed by atoms with Crippen molar-refractivity contribution in [1.29, 1.82) is 5.26 Å². The van der Waals surface area contributed by atoms with Gasteiger partial charge in [-0.3, -0.25) is 28.8 Å². The van der Waals surface area contributed by atoms with Gasteiger partial charge in [0.05, 0.1) is 81.0 Å². The van der Waals surface area contributed by atoms with E-state index in [0.717, 1.165) is 33.2 Å². The Labute approximate surface area is 602 Å². The maximum Gasteiger partial charge on any atom is 0.408 e. The van der Waals surface area contributed by atoms with Gasteiger partial charge in [-0.1, -0.05) is 68.4 Å². The second kappa shape index (κ2) is 36.2. The van der Waals surface area contributed by atoms with Gasteiger partial charge in [-0.25, -0.2) is 19.2 Å². The predicted molar refractivity (Wildman–Crippen MR) is 386 cm³/mol. The molecular formula is C76H96N9O17P. The van der Waals surface area contributed by atoms with E-state index in [0.29, 0.717) is 47.0 Å². The second-order valence-electron chi connectivity index (χ2n) is 26.7. The summed E-state index contributed by atoms with van der Waals surface area (Å²) in [6.07, 6.45) is -1.12. The van der Waals surface area contributed by atoms with Crippen LogP contribution in [0, 0.1) is 16.7 Å². The van der Waals surface area contributed by atoms with Crippen LogP contribution in [-0.2, 0) is 87.5 Å². The van der Waals surface area contributed by atoms with E-state index >= 15 is 0 Å². The largest absolute Gasteiger partial charge is 0.497 e. The van der Waals surface area contributed by atoms with Crippen LogP contribution in [0.3, 0.4) is 0 Å². The monoisotopic (exact) mass is 1440 g/mol. The highest BCUT2D eigenvalue weighted by Crippen LogP contribution is 2.49. The lowest BCUT2D eigenvalue weighted by molar-refractivity contribution is -0.172. The molecule has 0 saturated carbocycles. The molecule has 2 aliphatic heterocycles. The molecule has 0 fully saturated rings. The molecule has 103 heavy (non-hydrogen) atoms.